The van der Waals surface area contributed by atoms with Gasteiger partial charge in [-0.05, 0) is 30.7 Å². The molecule has 1 aromatic carbocycles. The summed E-state index contributed by atoms with van der Waals surface area (Å²) in [6.45, 7) is 6.82. The van der Waals surface area contributed by atoms with E-state index in [0.717, 1.165) is 17.0 Å². The Morgan fingerprint density at radius 3 is 2.75 bits per heavy atom. The molecule has 0 aliphatic rings. The summed E-state index contributed by atoms with van der Waals surface area (Å²) in [6, 6.07) is 11.9. The van der Waals surface area contributed by atoms with Crippen molar-refractivity contribution in [2.45, 2.75) is 33.4 Å². The molecule has 3 nitrogen and oxygen atoms in total. The van der Waals surface area contributed by atoms with Crippen molar-refractivity contribution in [1.82, 2.24) is 10.3 Å². The molecule has 2 rings (SSSR count). The Labute approximate surface area is 124 Å². The van der Waals surface area contributed by atoms with E-state index < -0.39 is 0 Å². The lowest BCUT2D eigenvalue weighted by Crippen LogP contribution is -2.22. The van der Waals surface area contributed by atoms with Gasteiger partial charge >= 0.3 is 0 Å². The van der Waals surface area contributed by atoms with Gasteiger partial charge in [-0.3, -0.25) is 0 Å². The summed E-state index contributed by atoms with van der Waals surface area (Å²) in [4.78, 5) is 4.45. The normalized spacial score (nSPS) is 10.8. The molecule has 0 saturated carbocycles. The van der Waals surface area contributed by atoms with E-state index in [1.54, 1.807) is 6.07 Å². The summed E-state index contributed by atoms with van der Waals surface area (Å²) in [5.74, 6) is 1.34. The third-order valence-corrected chi connectivity index (χ3v) is 3.13. The van der Waals surface area contributed by atoms with Crippen LogP contribution in [0.4, 0.5) is 0 Å². The van der Waals surface area contributed by atoms with Crippen molar-refractivity contribution in [2.75, 3.05) is 0 Å². The van der Waals surface area contributed by atoms with Crippen LogP contribution >= 0.6 is 11.6 Å². The molecule has 1 heterocycles. The van der Waals surface area contributed by atoms with Crippen LogP contribution in [0.25, 0.3) is 0 Å². The predicted molar refractivity (Wildman–Crippen MR) is 82.5 cm³/mol. The first-order chi connectivity index (χ1) is 9.54. The van der Waals surface area contributed by atoms with Crippen molar-refractivity contribution in [1.29, 1.82) is 0 Å². The number of nitrogens with zero attached hydrogens (tertiary/aromatic N) is 1. The minimum absolute atomic E-state index is 0.384. The molecule has 2 aromatic rings. The van der Waals surface area contributed by atoms with E-state index in [2.05, 4.69) is 24.1 Å². The number of halogens is 1. The van der Waals surface area contributed by atoms with Crippen molar-refractivity contribution >= 4 is 11.6 Å². The van der Waals surface area contributed by atoms with Gasteiger partial charge in [0.2, 0.25) is 5.88 Å². The zero-order chi connectivity index (χ0) is 14.5. The Balaban J connectivity index is 2.14. The zero-order valence-corrected chi connectivity index (χ0v) is 12.7. The minimum Gasteiger partial charge on any atom is -0.439 e. The van der Waals surface area contributed by atoms with Crippen LogP contribution in [0, 0.1) is 6.92 Å². The van der Waals surface area contributed by atoms with Gasteiger partial charge < -0.3 is 10.1 Å². The summed E-state index contributed by atoms with van der Waals surface area (Å²) in [7, 11) is 0. The maximum Gasteiger partial charge on any atom is 0.219 e. The molecule has 0 aliphatic carbocycles. The van der Waals surface area contributed by atoms with Crippen LogP contribution in [-0.4, -0.2) is 11.0 Å². The molecule has 1 N–H and O–H groups in total. The number of aromatic nitrogens is 1. The van der Waals surface area contributed by atoms with Gasteiger partial charge in [0.25, 0.3) is 0 Å². The van der Waals surface area contributed by atoms with Crippen LogP contribution in [0.1, 0.15) is 25.1 Å². The lowest BCUT2D eigenvalue weighted by atomic mass is 10.2. The fraction of sp³-hybridized carbons (Fsp3) is 0.312. The number of aryl methyl sites for hydroxylation is 1. The van der Waals surface area contributed by atoms with E-state index in [-0.39, 0.29) is 0 Å². The van der Waals surface area contributed by atoms with Gasteiger partial charge in [-0.2, -0.15) is 0 Å². The highest BCUT2D eigenvalue weighted by atomic mass is 35.5. The number of pyridine rings is 1. The SMILES string of the molecule is Cc1cccc(Oc2ccc(Cl)c(CNC(C)C)n2)c1. The number of hydrogen-bond donors (Lipinski definition) is 1. The fourth-order valence-corrected chi connectivity index (χ4v) is 1.92. The molecule has 0 saturated heterocycles. The molecule has 0 radical (unpaired) electrons. The van der Waals surface area contributed by atoms with Crippen LogP contribution in [0.2, 0.25) is 5.02 Å². The maximum atomic E-state index is 6.15. The van der Waals surface area contributed by atoms with Crippen LogP contribution < -0.4 is 10.1 Å². The van der Waals surface area contributed by atoms with E-state index in [4.69, 9.17) is 16.3 Å². The maximum absolute atomic E-state index is 6.15. The van der Waals surface area contributed by atoms with Crippen molar-refractivity contribution in [3.63, 3.8) is 0 Å². The average Bonchev–Trinajstić information content (AvgIpc) is 2.39. The first kappa shape index (κ1) is 14.8. The summed E-state index contributed by atoms with van der Waals surface area (Å²) >= 11 is 6.15. The Kier molecular flexibility index (Phi) is 4.99. The second kappa shape index (κ2) is 6.73. The molecule has 0 atom stereocenters. The Hall–Kier alpha value is -1.58. The van der Waals surface area contributed by atoms with Crippen molar-refractivity contribution in [3.8, 4) is 11.6 Å². The highest BCUT2D eigenvalue weighted by molar-refractivity contribution is 6.31. The molecule has 20 heavy (non-hydrogen) atoms. The van der Waals surface area contributed by atoms with Gasteiger partial charge in [0, 0.05) is 18.7 Å². The fourth-order valence-electron chi connectivity index (χ4n) is 1.75. The third-order valence-electron chi connectivity index (χ3n) is 2.78. The Morgan fingerprint density at radius 1 is 1.25 bits per heavy atom. The van der Waals surface area contributed by atoms with E-state index in [1.165, 1.54) is 0 Å². The molecule has 4 heteroatoms. The lowest BCUT2D eigenvalue weighted by molar-refractivity contribution is 0.458. The predicted octanol–water partition coefficient (Wildman–Crippen LogP) is 4.33. The molecule has 0 amide bonds. The molecule has 0 unspecified atom stereocenters. The molecule has 1 aromatic heterocycles. The smallest absolute Gasteiger partial charge is 0.219 e. The van der Waals surface area contributed by atoms with E-state index >= 15 is 0 Å². The second-order valence-corrected chi connectivity index (χ2v) is 5.44. The van der Waals surface area contributed by atoms with Gasteiger partial charge in [0.05, 0.1) is 10.7 Å². The van der Waals surface area contributed by atoms with Crippen LogP contribution in [-0.2, 0) is 6.54 Å². The second-order valence-electron chi connectivity index (χ2n) is 5.03. The van der Waals surface area contributed by atoms with Crippen molar-refractivity contribution < 1.29 is 4.74 Å². The minimum atomic E-state index is 0.384. The van der Waals surface area contributed by atoms with E-state index in [9.17, 15) is 0 Å². The van der Waals surface area contributed by atoms with Gasteiger partial charge in [-0.25, -0.2) is 4.98 Å². The quantitative estimate of drug-likeness (QED) is 0.890. The van der Waals surface area contributed by atoms with Crippen LogP contribution in [0.3, 0.4) is 0 Å². The van der Waals surface area contributed by atoms with Crippen molar-refractivity contribution in [3.05, 3.63) is 52.7 Å². The molecular weight excluding hydrogens is 272 g/mol. The molecule has 106 valence electrons. The highest BCUT2D eigenvalue weighted by Crippen LogP contribution is 2.23. The standard InChI is InChI=1S/C16H19ClN2O/c1-11(2)18-10-15-14(17)7-8-16(19-15)20-13-6-4-5-12(3)9-13/h4-9,11,18H,10H2,1-3H3. The Bertz CT molecular complexity index is 584. The largest absolute Gasteiger partial charge is 0.439 e. The summed E-state index contributed by atoms with van der Waals surface area (Å²) in [6.07, 6.45) is 0. The number of ether oxygens (including phenoxy) is 1. The summed E-state index contributed by atoms with van der Waals surface area (Å²) < 4.78 is 5.76. The average molecular weight is 291 g/mol. The molecule has 0 spiro atoms. The molecule has 0 aliphatic heterocycles. The van der Waals surface area contributed by atoms with Crippen LogP contribution in [0.15, 0.2) is 36.4 Å². The topological polar surface area (TPSA) is 34.1 Å². The summed E-state index contributed by atoms with van der Waals surface area (Å²) in [5.41, 5.74) is 1.95. The van der Waals surface area contributed by atoms with E-state index in [0.29, 0.717) is 23.5 Å². The van der Waals surface area contributed by atoms with Gasteiger partial charge in [-0.1, -0.05) is 37.6 Å². The third kappa shape index (κ3) is 4.22. The van der Waals surface area contributed by atoms with Gasteiger partial charge in [0.1, 0.15) is 5.75 Å². The molecule has 0 bridgehead atoms. The Morgan fingerprint density at radius 2 is 2.05 bits per heavy atom. The number of benzene rings is 1. The number of hydrogen-bond acceptors (Lipinski definition) is 3. The summed E-state index contributed by atoms with van der Waals surface area (Å²) in [5, 5.41) is 3.95. The zero-order valence-electron chi connectivity index (χ0n) is 12.0. The number of nitrogens with one attached hydrogen (secondary N) is 1. The van der Waals surface area contributed by atoms with Crippen molar-refractivity contribution in [2.24, 2.45) is 0 Å². The monoisotopic (exact) mass is 290 g/mol. The first-order valence-corrected chi connectivity index (χ1v) is 7.05. The molecule has 0 fully saturated rings. The lowest BCUT2D eigenvalue weighted by Gasteiger charge is -2.11. The first-order valence-electron chi connectivity index (χ1n) is 6.68. The van der Waals surface area contributed by atoms with Gasteiger partial charge in [0.15, 0.2) is 0 Å². The van der Waals surface area contributed by atoms with Gasteiger partial charge in [-0.15, -0.1) is 0 Å². The highest BCUT2D eigenvalue weighted by Gasteiger charge is 2.06. The molecular formula is C16H19ClN2O. The van der Waals surface area contributed by atoms with Crippen LogP contribution in [0.5, 0.6) is 11.6 Å². The van der Waals surface area contributed by atoms with E-state index in [1.807, 2.05) is 37.3 Å². The number of rotatable bonds is 5.